The van der Waals surface area contributed by atoms with E-state index in [1.54, 1.807) is 41.5 Å². The Kier molecular flexibility index (Phi) is 9.68. The molecule has 0 N–H and O–H groups in total. The van der Waals surface area contributed by atoms with Crippen molar-refractivity contribution < 1.29 is 19.1 Å². The summed E-state index contributed by atoms with van der Waals surface area (Å²) in [6.45, 7) is 10.1. The molecule has 0 saturated carbocycles. The first-order valence-corrected chi connectivity index (χ1v) is 14.7. The van der Waals surface area contributed by atoms with E-state index in [0.717, 1.165) is 24.2 Å². The number of carbonyl (C=O) groups excluding carboxylic acids is 2. The maximum Gasteiger partial charge on any atom is 0.254 e. The summed E-state index contributed by atoms with van der Waals surface area (Å²) in [5.41, 5.74) is 2.93. The number of amides is 2. The summed E-state index contributed by atoms with van der Waals surface area (Å²) in [6, 6.07) is 17.2. The average molecular weight is 549 g/mol. The Morgan fingerprint density at radius 1 is 1.08 bits per heavy atom. The lowest BCUT2D eigenvalue weighted by Crippen LogP contribution is -2.48. The molecule has 1 aliphatic heterocycles. The zero-order valence-electron chi connectivity index (χ0n) is 23.7. The molecule has 1 aromatic heterocycles. The van der Waals surface area contributed by atoms with E-state index >= 15 is 0 Å². The number of fused-ring (bicyclic) bond motifs is 1. The number of thiophene rings is 1. The van der Waals surface area contributed by atoms with Gasteiger partial charge in [-0.3, -0.25) is 9.59 Å². The molecule has 0 saturated heterocycles. The van der Waals surface area contributed by atoms with Gasteiger partial charge in [-0.2, -0.15) is 0 Å². The van der Waals surface area contributed by atoms with Crippen LogP contribution in [0.15, 0.2) is 60.0 Å². The number of methoxy groups -OCH3 is 1. The summed E-state index contributed by atoms with van der Waals surface area (Å²) < 4.78 is 11.6. The maximum absolute atomic E-state index is 13.9. The summed E-state index contributed by atoms with van der Waals surface area (Å²) in [7, 11) is 1.58. The second kappa shape index (κ2) is 13.2. The van der Waals surface area contributed by atoms with Crippen molar-refractivity contribution in [2.24, 2.45) is 5.92 Å². The molecule has 2 atom stereocenters. The lowest BCUT2D eigenvalue weighted by atomic mass is 10.00. The average Bonchev–Trinajstić information content (AvgIpc) is 3.44. The molecule has 0 radical (unpaired) electrons. The van der Waals surface area contributed by atoms with Gasteiger partial charge in [0.15, 0.2) is 0 Å². The Labute approximate surface area is 236 Å². The summed E-state index contributed by atoms with van der Waals surface area (Å²) in [5, 5.41) is 2.09. The fourth-order valence-corrected chi connectivity index (χ4v) is 5.84. The lowest BCUT2D eigenvalue weighted by Gasteiger charge is -2.37. The van der Waals surface area contributed by atoms with E-state index < -0.39 is 0 Å². The second-order valence-corrected chi connectivity index (χ2v) is 11.6. The van der Waals surface area contributed by atoms with Gasteiger partial charge in [0.1, 0.15) is 24.7 Å². The molecule has 2 heterocycles. The first-order chi connectivity index (χ1) is 18.8. The largest absolute Gasteiger partial charge is 0.497 e. The van der Waals surface area contributed by atoms with Crippen molar-refractivity contribution in [1.29, 1.82) is 0 Å². The van der Waals surface area contributed by atoms with Gasteiger partial charge in [0.2, 0.25) is 5.91 Å². The van der Waals surface area contributed by atoms with Crippen LogP contribution in [0.25, 0.3) is 0 Å². The smallest absolute Gasteiger partial charge is 0.254 e. The number of benzene rings is 2. The van der Waals surface area contributed by atoms with Crippen LogP contribution >= 0.6 is 11.3 Å². The molecule has 0 bridgehead atoms. The third-order valence-corrected chi connectivity index (χ3v) is 8.53. The summed E-state index contributed by atoms with van der Waals surface area (Å²) in [4.78, 5) is 32.3. The number of rotatable bonds is 11. The van der Waals surface area contributed by atoms with Crippen LogP contribution in [0.1, 0.15) is 72.4 Å². The van der Waals surface area contributed by atoms with Gasteiger partial charge in [-0.1, -0.05) is 52.3 Å². The van der Waals surface area contributed by atoms with E-state index in [1.807, 2.05) is 23.1 Å². The van der Waals surface area contributed by atoms with Gasteiger partial charge in [-0.05, 0) is 71.2 Å². The van der Waals surface area contributed by atoms with Crippen molar-refractivity contribution in [3.63, 3.8) is 0 Å². The quantitative estimate of drug-likeness (QED) is 0.272. The number of nitrogens with zero attached hydrogens (tertiary/aromatic N) is 2. The van der Waals surface area contributed by atoms with Crippen molar-refractivity contribution in [3.05, 3.63) is 81.5 Å². The highest BCUT2D eigenvalue weighted by Gasteiger charge is 2.34. The van der Waals surface area contributed by atoms with E-state index in [0.29, 0.717) is 36.9 Å². The van der Waals surface area contributed by atoms with Gasteiger partial charge < -0.3 is 19.3 Å². The molecule has 7 heteroatoms. The Hall–Kier alpha value is -3.32. The predicted molar refractivity (Wildman–Crippen MR) is 157 cm³/mol. The van der Waals surface area contributed by atoms with Crippen LogP contribution in [-0.2, 0) is 11.2 Å². The van der Waals surface area contributed by atoms with Gasteiger partial charge in [0, 0.05) is 23.5 Å². The molecule has 1 aliphatic rings. The van der Waals surface area contributed by atoms with Crippen LogP contribution in [0.4, 0.5) is 0 Å². The molecule has 2 amide bonds. The van der Waals surface area contributed by atoms with Gasteiger partial charge in [-0.15, -0.1) is 11.3 Å². The standard InChI is InChI=1S/C32H40N2O4S/c1-6-23(4)19-33(32(36)25-8-7-9-27(18-25)37-5)20-31(35)34-16-14-30-28(15-17-39-30)29(34)21-38-26-12-10-24(11-13-26)22(2)3/h7-13,15,17-18,22-23,29H,6,14,16,19-21H2,1-5H3. The molecule has 2 aromatic carbocycles. The Morgan fingerprint density at radius 3 is 2.54 bits per heavy atom. The molecule has 6 nitrogen and oxygen atoms in total. The Bertz CT molecular complexity index is 1250. The minimum Gasteiger partial charge on any atom is -0.497 e. The molecule has 0 fully saturated rings. The Morgan fingerprint density at radius 2 is 1.85 bits per heavy atom. The topological polar surface area (TPSA) is 59.1 Å². The first kappa shape index (κ1) is 28.7. The van der Waals surface area contributed by atoms with E-state index in [1.165, 1.54) is 10.4 Å². The summed E-state index contributed by atoms with van der Waals surface area (Å²) in [5.74, 6) is 1.92. The summed E-state index contributed by atoms with van der Waals surface area (Å²) in [6.07, 6.45) is 1.73. The minimum absolute atomic E-state index is 0.0272. The van der Waals surface area contributed by atoms with E-state index in [4.69, 9.17) is 9.47 Å². The van der Waals surface area contributed by atoms with Crippen LogP contribution in [0, 0.1) is 5.92 Å². The lowest BCUT2D eigenvalue weighted by molar-refractivity contribution is -0.135. The molecule has 2 unspecified atom stereocenters. The van der Waals surface area contributed by atoms with Gasteiger partial charge >= 0.3 is 0 Å². The van der Waals surface area contributed by atoms with Gasteiger partial charge in [0.05, 0.1) is 13.2 Å². The van der Waals surface area contributed by atoms with Crippen molar-refractivity contribution in [1.82, 2.24) is 9.80 Å². The monoisotopic (exact) mass is 548 g/mol. The highest BCUT2D eigenvalue weighted by molar-refractivity contribution is 7.10. The fraction of sp³-hybridized carbons (Fsp3) is 0.438. The zero-order chi connectivity index (χ0) is 27.9. The van der Waals surface area contributed by atoms with Crippen LogP contribution in [-0.4, -0.2) is 55.0 Å². The second-order valence-electron chi connectivity index (χ2n) is 10.6. The maximum atomic E-state index is 13.9. The predicted octanol–water partition coefficient (Wildman–Crippen LogP) is 6.57. The fourth-order valence-electron chi connectivity index (χ4n) is 4.92. The van der Waals surface area contributed by atoms with Gasteiger partial charge in [0.25, 0.3) is 5.91 Å². The highest BCUT2D eigenvalue weighted by Crippen LogP contribution is 2.34. The molecular formula is C32H40N2O4S. The third-order valence-electron chi connectivity index (χ3n) is 7.53. The highest BCUT2D eigenvalue weighted by atomic mass is 32.1. The van der Waals surface area contributed by atoms with Crippen LogP contribution in [0.5, 0.6) is 11.5 Å². The minimum atomic E-state index is -0.199. The van der Waals surface area contributed by atoms with Crippen molar-refractivity contribution in [2.75, 3.05) is 33.4 Å². The van der Waals surface area contributed by atoms with Crippen LogP contribution < -0.4 is 9.47 Å². The van der Waals surface area contributed by atoms with E-state index in [2.05, 4.69) is 51.3 Å². The molecule has 208 valence electrons. The van der Waals surface area contributed by atoms with Crippen molar-refractivity contribution in [2.45, 2.75) is 52.5 Å². The van der Waals surface area contributed by atoms with Crippen molar-refractivity contribution in [3.8, 4) is 11.5 Å². The van der Waals surface area contributed by atoms with Crippen molar-refractivity contribution >= 4 is 23.2 Å². The number of hydrogen-bond acceptors (Lipinski definition) is 5. The molecule has 39 heavy (non-hydrogen) atoms. The zero-order valence-corrected chi connectivity index (χ0v) is 24.5. The molecule has 0 aliphatic carbocycles. The number of ether oxygens (including phenoxy) is 2. The SMILES string of the molecule is CCC(C)CN(CC(=O)N1CCc2sccc2C1COc1ccc(C(C)C)cc1)C(=O)c1cccc(OC)c1. The first-order valence-electron chi connectivity index (χ1n) is 13.8. The Balaban J connectivity index is 1.53. The third kappa shape index (κ3) is 7.01. The molecule has 4 rings (SSSR count). The van der Waals surface area contributed by atoms with E-state index in [9.17, 15) is 9.59 Å². The molecular weight excluding hydrogens is 508 g/mol. The van der Waals surface area contributed by atoms with E-state index in [-0.39, 0.29) is 30.3 Å². The van der Waals surface area contributed by atoms with Crippen LogP contribution in [0.3, 0.4) is 0 Å². The molecule has 0 spiro atoms. The van der Waals surface area contributed by atoms with Gasteiger partial charge in [-0.25, -0.2) is 0 Å². The number of hydrogen-bond donors (Lipinski definition) is 0. The normalized spacial score (nSPS) is 15.5. The van der Waals surface area contributed by atoms with Crippen LogP contribution in [0.2, 0.25) is 0 Å². The molecule has 3 aromatic rings. The summed E-state index contributed by atoms with van der Waals surface area (Å²) >= 11 is 1.73. The number of carbonyl (C=O) groups is 2.